The fourth-order valence-electron chi connectivity index (χ4n) is 3.90. The molecule has 1 saturated carbocycles. The molecule has 1 aromatic carbocycles. The molecule has 15 heteroatoms. The third-order valence-corrected chi connectivity index (χ3v) is 7.32. The number of H-pyrrole nitrogens is 1. The van der Waals surface area contributed by atoms with Crippen LogP contribution in [-0.4, -0.2) is 58.5 Å². The van der Waals surface area contributed by atoms with E-state index in [2.05, 4.69) is 30.7 Å². The van der Waals surface area contributed by atoms with Gasteiger partial charge in [-0.3, -0.25) is 13.8 Å². The summed E-state index contributed by atoms with van der Waals surface area (Å²) in [7, 11) is -0.565. The number of nitrogens with one attached hydrogen (secondary N) is 3. The van der Waals surface area contributed by atoms with Crippen LogP contribution in [0, 0.1) is 5.92 Å². The van der Waals surface area contributed by atoms with Crippen molar-refractivity contribution in [3.63, 3.8) is 0 Å². The number of nitrogens with zero attached hydrogens (tertiary/aromatic N) is 5. The Bertz CT molecular complexity index is 1650. The van der Waals surface area contributed by atoms with Gasteiger partial charge in [0.05, 0.1) is 35.4 Å². The summed E-state index contributed by atoms with van der Waals surface area (Å²) in [6.07, 6.45) is 0.394. The van der Waals surface area contributed by atoms with Gasteiger partial charge in [-0.1, -0.05) is 6.07 Å². The minimum absolute atomic E-state index is 0.0265. The molecule has 5 rings (SSSR count). The lowest BCUT2D eigenvalue weighted by Gasteiger charge is -2.22. The van der Waals surface area contributed by atoms with Gasteiger partial charge >= 0.3 is 0 Å². The second-order valence-electron chi connectivity index (χ2n) is 9.01. The van der Waals surface area contributed by atoms with E-state index in [0.29, 0.717) is 11.3 Å². The molecule has 1 amide bonds. The number of aromatic nitrogens is 5. The smallest absolute Gasteiger partial charge is 0.295 e. The maximum atomic E-state index is 13.4. The molecule has 200 valence electrons. The number of aromatic amines is 1. The van der Waals surface area contributed by atoms with Crippen LogP contribution in [0.3, 0.4) is 0 Å². The zero-order valence-corrected chi connectivity index (χ0v) is 21.2. The summed E-state index contributed by atoms with van der Waals surface area (Å²) in [5, 5.41) is 9.71. The SMILES string of the molecule is CN(c1cc(-c2cnn(C)c2)ccc1Nc1cc(NC(=O)[C@H]2C[C@H]2F)nc2nc(C(F)F)[nH]c12)S(C)(=O)=O. The predicted octanol–water partition coefficient (Wildman–Crippen LogP) is 3.73. The van der Waals surface area contributed by atoms with E-state index in [4.69, 9.17) is 0 Å². The van der Waals surface area contributed by atoms with Crippen molar-refractivity contribution < 1.29 is 26.4 Å². The number of fused-ring (bicyclic) bond motifs is 1. The van der Waals surface area contributed by atoms with E-state index in [1.165, 1.54) is 13.1 Å². The Balaban J connectivity index is 1.60. The molecule has 0 saturated heterocycles. The minimum atomic E-state index is -3.70. The van der Waals surface area contributed by atoms with Gasteiger partial charge in [0.15, 0.2) is 11.5 Å². The minimum Gasteiger partial charge on any atom is -0.352 e. The Hall–Kier alpha value is -4.14. The third-order valence-electron chi connectivity index (χ3n) is 6.13. The molecule has 0 radical (unpaired) electrons. The molecule has 0 bridgehead atoms. The highest BCUT2D eigenvalue weighted by atomic mass is 32.2. The van der Waals surface area contributed by atoms with Crippen molar-refractivity contribution in [2.45, 2.75) is 19.0 Å². The summed E-state index contributed by atoms with van der Waals surface area (Å²) < 4.78 is 67.7. The maximum Gasteiger partial charge on any atom is 0.295 e. The third kappa shape index (κ3) is 5.01. The van der Waals surface area contributed by atoms with E-state index >= 15 is 0 Å². The largest absolute Gasteiger partial charge is 0.352 e. The first kappa shape index (κ1) is 25.5. The van der Waals surface area contributed by atoms with Crippen LogP contribution >= 0.6 is 0 Å². The standard InChI is InChI=1S/C23H23F3N8O3S/c1-33-10-12(9-27-33)11-4-5-15(17(6-11)34(2)38(3,36)37)28-16-8-18(30-23(35)13-7-14(13)24)29-21-19(16)31-22(32-21)20(25)26/h4-6,8-10,13-14,20H,7H2,1-3H3,(H3,28,29,30,31,32,35)/t13-,14+/m0/s1. The van der Waals surface area contributed by atoms with Crippen LogP contribution < -0.4 is 14.9 Å². The highest BCUT2D eigenvalue weighted by Gasteiger charge is 2.43. The van der Waals surface area contributed by atoms with E-state index in [9.17, 15) is 26.4 Å². The molecular formula is C23H23F3N8O3S. The molecule has 3 N–H and O–H groups in total. The molecule has 3 heterocycles. The van der Waals surface area contributed by atoms with Gasteiger partial charge in [0.2, 0.25) is 15.9 Å². The van der Waals surface area contributed by atoms with Crippen LogP contribution in [0.4, 0.5) is 36.1 Å². The van der Waals surface area contributed by atoms with Gasteiger partial charge in [-0.25, -0.2) is 31.6 Å². The van der Waals surface area contributed by atoms with E-state index in [-0.39, 0.29) is 34.8 Å². The molecule has 38 heavy (non-hydrogen) atoms. The van der Waals surface area contributed by atoms with Crippen molar-refractivity contribution in [3.8, 4) is 11.1 Å². The zero-order valence-electron chi connectivity index (χ0n) is 20.4. The summed E-state index contributed by atoms with van der Waals surface area (Å²) >= 11 is 0. The fourth-order valence-corrected chi connectivity index (χ4v) is 4.41. The number of imidazole rings is 1. The molecular weight excluding hydrogens is 525 g/mol. The summed E-state index contributed by atoms with van der Waals surface area (Å²) in [5.74, 6) is -2.04. The second kappa shape index (κ2) is 9.31. The van der Waals surface area contributed by atoms with E-state index in [1.807, 2.05) is 0 Å². The Labute approximate surface area is 215 Å². The van der Waals surface area contributed by atoms with Crippen LogP contribution in [-0.2, 0) is 21.9 Å². The molecule has 1 fully saturated rings. The van der Waals surface area contributed by atoms with E-state index in [1.54, 1.807) is 42.3 Å². The van der Waals surface area contributed by atoms with Crippen LogP contribution in [0.2, 0.25) is 0 Å². The second-order valence-corrected chi connectivity index (χ2v) is 11.0. The Morgan fingerprint density at radius 3 is 2.55 bits per heavy atom. The molecule has 1 aliphatic carbocycles. The normalized spacial score (nSPS) is 17.1. The first-order valence-electron chi connectivity index (χ1n) is 11.4. The van der Waals surface area contributed by atoms with Gasteiger partial charge in [0, 0.05) is 31.9 Å². The number of sulfonamides is 1. The molecule has 1 aliphatic rings. The number of rotatable bonds is 8. The number of halogens is 3. The van der Waals surface area contributed by atoms with Crippen molar-refractivity contribution in [3.05, 3.63) is 42.5 Å². The number of carbonyl (C=O) groups is 1. The van der Waals surface area contributed by atoms with E-state index < -0.39 is 40.3 Å². The summed E-state index contributed by atoms with van der Waals surface area (Å²) in [6, 6.07) is 6.40. The fraction of sp³-hybridized carbons (Fsp3) is 0.304. The Morgan fingerprint density at radius 2 is 1.95 bits per heavy atom. The molecule has 0 spiro atoms. The lowest BCUT2D eigenvalue weighted by molar-refractivity contribution is -0.117. The van der Waals surface area contributed by atoms with Crippen LogP contribution in [0.1, 0.15) is 18.7 Å². The topological polar surface area (TPSA) is 138 Å². The summed E-state index contributed by atoms with van der Waals surface area (Å²) in [6.45, 7) is 0. The predicted molar refractivity (Wildman–Crippen MR) is 136 cm³/mol. The highest BCUT2D eigenvalue weighted by molar-refractivity contribution is 7.92. The van der Waals surface area contributed by atoms with Crippen molar-refractivity contribution >= 4 is 50.0 Å². The number of aryl methyl sites for hydroxylation is 1. The van der Waals surface area contributed by atoms with Gasteiger partial charge in [0.25, 0.3) is 6.43 Å². The Morgan fingerprint density at radius 1 is 1.21 bits per heavy atom. The Kier molecular flexibility index (Phi) is 6.25. The van der Waals surface area contributed by atoms with Gasteiger partial charge in [0.1, 0.15) is 17.5 Å². The van der Waals surface area contributed by atoms with Gasteiger partial charge in [-0.15, -0.1) is 0 Å². The number of hydrogen-bond acceptors (Lipinski definition) is 7. The maximum absolute atomic E-state index is 13.4. The number of alkyl halides is 3. The highest BCUT2D eigenvalue weighted by Crippen LogP contribution is 2.38. The van der Waals surface area contributed by atoms with Gasteiger partial charge < -0.3 is 15.6 Å². The van der Waals surface area contributed by atoms with Gasteiger partial charge in [-0.2, -0.15) is 5.10 Å². The first-order chi connectivity index (χ1) is 17.9. The summed E-state index contributed by atoms with van der Waals surface area (Å²) in [5.41, 5.74) is 2.20. The zero-order chi connectivity index (χ0) is 27.4. The van der Waals surface area contributed by atoms with Crippen molar-refractivity contribution in [2.24, 2.45) is 13.0 Å². The van der Waals surface area contributed by atoms with Crippen molar-refractivity contribution in [1.82, 2.24) is 24.7 Å². The number of hydrogen-bond donors (Lipinski definition) is 3. The number of anilines is 4. The van der Waals surface area contributed by atoms with Crippen LogP contribution in [0.15, 0.2) is 36.7 Å². The quantitative estimate of drug-likeness (QED) is 0.305. The van der Waals surface area contributed by atoms with Crippen LogP contribution in [0.5, 0.6) is 0 Å². The molecule has 4 aromatic rings. The molecule has 3 aromatic heterocycles. The molecule has 2 atom stereocenters. The van der Waals surface area contributed by atoms with Gasteiger partial charge in [-0.05, 0) is 24.1 Å². The van der Waals surface area contributed by atoms with Crippen molar-refractivity contribution in [2.75, 3.05) is 28.2 Å². The lowest BCUT2D eigenvalue weighted by atomic mass is 10.1. The number of benzene rings is 1. The monoisotopic (exact) mass is 548 g/mol. The number of amides is 1. The first-order valence-corrected chi connectivity index (χ1v) is 13.2. The molecule has 0 aliphatic heterocycles. The summed E-state index contributed by atoms with van der Waals surface area (Å²) in [4.78, 5) is 22.8. The van der Waals surface area contributed by atoms with Crippen molar-refractivity contribution in [1.29, 1.82) is 0 Å². The average Bonchev–Trinajstić information content (AvgIpc) is 3.21. The average molecular weight is 549 g/mol. The lowest BCUT2D eigenvalue weighted by Crippen LogP contribution is -2.25. The van der Waals surface area contributed by atoms with Crippen LogP contribution in [0.25, 0.3) is 22.3 Å². The van der Waals surface area contributed by atoms with E-state index in [0.717, 1.165) is 16.1 Å². The number of carbonyl (C=O) groups excluding carboxylic acids is 1. The molecule has 11 nitrogen and oxygen atoms in total. The molecule has 0 unspecified atom stereocenters. The number of pyridine rings is 1.